The van der Waals surface area contributed by atoms with E-state index in [0.29, 0.717) is 31.1 Å². The van der Waals surface area contributed by atoms with Crippen LogP contribution in [0.15, 0.2) is 29.1 Å². The Bertz CT molecular complexity index is 902. The summed E-state index contributed by atoms with van der Waals surface area (Å²) in [6.45, 7) is 1.74. The molecule has 118 valence electrons. The van der Waals surface area contributed by atoms with Crippen molar-refractivity contribution in [2.24, 2.45) is 0 Å². The monoisotopic (exact) mass is 376 g/mol. The molecule has 9 heteroatoms. The first-order chi connectivity index (χ1) is 11.2. The van der Waals surface area contributed by atoms with Gasteiger partial charge in [0.2, 0.25) is 0 Å². The maximum atomic E-state index is 12.7. The molecule has 0 saturated carbocycles. The highest BCUT2D eigenvalue weighted by atomic mass is 79.9. The SMILES string of the molecule is COc1cc(Br)cn2nc(C(=O)N3CCn4cnnc4C3)cc12. The van der Waals surface area contributed by atoms with Crippen molar-refractivity contribution in [3.8, 4) is 5.75 Å². The number of carbonyl (C=O) groups is 1. The number of amides is 1. The van der Waals surface area contributed by atoms with Gasteiger partial charge in [0.1, 0.15) is 17.6 Å². The lowest BCUT2D eigenvalue weighted by molar-refractivity contribution is 0.0701. The van der Waals surface area contributed by atoms with E-state index in [0.717, 1.165) is 15.8 Å². The molecule has 1 aliphatic rings. The van der Waals surface area contributed by atoms with E-state index in [1.807, 2.05) is 10.6 Å². The summed E-state index contributed by atoms with van der Waals surface area (Å²) >= 11 is 3.41. The van der Waals surface area contributed by atoms with Crippen LogP contribution in [0.25, 0.3) is 5.52 Å². The van der Waals surface area contributed by atoms with Gasteiger partial charge < -0.3 is 14.2 Å². The van der Waals surface area contributed by atoms with E-state index in [4.69, 9.17) is 4.74 Å². The number of methoxy groups -OCH3 is 1. The minimum Gasteiger partial charge on any atom is -0.494 e. The normalized spacial score (nSPS) is 14.1. The Hall–Kier alpha value is -2.42. The molecule has 8 nitrogen and oxygen atoms in total. The number of pyridine rings is 1. The second-order valence-electron chi connectivity index (χ2n) is 5.25. The Balaban J connectivity index is 1.68. The standard InChI is InChI=1S/C14H13BrN6O2/c1-23-12-4-9(15)6-21-11(12)5-10(18-21)14(22)19-2-3-20-8-16-17-13(20)7-19/h4-6,8H,2-3,7H2,1H3. The van der Waals surface area contributed by atoms with Gasteiger partial charge in [-0.2, -0.15) is 5.10 Å². The van der Waals surface area contributed by atoms with E-state index in [9.17, 15) is 4.79 Å². The molecule has 0 spiro atoms. The van der Waals surface area contributed by atoms with E-state index in [1.165, 1.54) is 0 Å². The molecule has 3 aromatic rings. The largest absolute Gasteiger partial charge is 0.494 e. The van der Waals surface area contributed by atoms with Crippen LogP contribution in [-0.2, 0) is 13.1 Å². The number of halogens is 1. The van der Waals surface area contributed by atoms with Crippen LogP contribution in [0.4, 0.5) is 0 Å². The third kappa shape index (κ3) is 2.37. The van der Waals surface area contributed by atoms with Gasteiger partial charge >= 0.3 is 0 Å². The first-order valence-corrected chi connectivity index (χ1v) is 7.84. The van der Waals surface area contributed by atoms with Crippen molar-refractivity contribution in [3.05, 3.63) is 40.6 Å². The van der Waals surface area contributed by atoms with Gasteiger partial charge in [-0.05, 0) is 22.0 Å². The number of nitrogens with zero attached hydrogens (tertiary/aromatic N) is 6. The molecule has 3 aromatic heterocycles. The summed E-state index contributed by atoms with van der Waals surface area (Å²) in [5.41, 5.74) is 1.13. The summed E-state index contributed by atoms with van der Waals surface area (Å²) in [6, 6.07) is 3.58. The molecular formula is C14H13BrN6O2. The molecule has 4 rings (SSSR count). The maximum absolute atomic E-state index is 12.7. The van der Waals surface area contributed by atoms with Gasteiger partial charge in [-0.15, -0.1) is 10.2 Å². The fourth-order valence-electron chi connectivity index (χ4n) is 2.70. The smallest absolute Gasteiger partial charge is 0.274 e. The van der Waals surface area contributed by atoms with E-state index in [-0.39, 0.29) is 5.91 Å². The fourth-order valence-corrected chi connectivity index (χ4v) is 3.10. The molecule has 4 heterocycles. The second kappa shape index (κ2) is 5.34. The fraction of sp³-hybridized carbons (Fsp3) is 0.286. The number of hydrogen-bond donors (Lipinski definition) is 0. The molecule has 0 fully saturated rings. The van der Waals surface area contributed by atoms with Crippen LogP contribution >= 0.6 is 15.9 Å². The van der Waals surface area contributed by atoms with Crippen molar-refractivity contribution in [1.29, 1.82) is 0 Å². The van der Waals surface area contributed by atoms with Gasteiger partial charge in [0, 0.05) is 29.8 Å². The average Bonchev–Trinajstić information content (AvgIpc) is 3.18. The lowest BCUT2D eigenvalue weighted by Crippen LogP contribution is -2.38. The number of ether oxygens (including phenoxy) is 1. The van der Waals surface area contributed by atoms with E-state index < -0.39 is 0 Å². The molecule has 0 N–H and O–H groups in total. The van der Waals surface area contributed by atoms with E-state index in [2.05, 4.69) is 31.2 Å². The number of fused-ring (bicyclic) bond motifs is 2. The second-order valence-corrected chi connectivity index (χ2v) is 6.17. The summed E-state index contributed by atoms with van der Waals surface area (Å²) in [4.78, 5) is 14.5. The molecule has 1 amide bonds. The summed E-state index contributed by atoms with van der Waals surface area (Å²) in [7, 11) is 1.59. The van der Waals surface area contributed by atoms with Crippen molar-refractivity contribution in [3.63, 3.8) is 0 Å². The minimum atomic E-state index is -0.124. The highest BCUT2D eigenvalue weighted by Crippen LogP contribution is 2.25. The third-order valence-corrected chi connectivity index (χ3v) is 4.30. The molecule has 0 radical (unpaired) electrons. The van der Waals surface area contributed by atoms with E-state index in [1.54, 1.807) is 35.1 Å². The van der Waals surface area contributed by atoms with Gasteiger partial charge in [0.05, 0.1) is 13.7 Å². The number of carbonyl (C=O) groups excluding carboxylic acids is 1. The van der Waals surface area contributed by atoms with Crippen LogP contribution in [0, 0.1) is 0 Å². The van der Waals surface area contributed by atoms with Crippen molar-refractivity contribution >= 4 is 27.4 Å². The minimum absolute atomic E-state index is 0.124. The average molecular weight is 377 g/mol. The van der Waals surface area contributed by atoms with E-state index >= 15 is 0 Å². The third-order valence-electron chi connectivity index (χ3n) is 3.87. The number of rotatable bonds is 2. The van der Waals surface area contributed by atoms with Gasteiger partial charge in [-0.3, -0.25) is 4.79 Å². The molecular weight excluding hydrogens is 364 g/mol. The first kappa shape index (κ1) is 14.2. The Morgan fingerprint density at radius 2 is 2.22 bits per heavy atom. The Morgan fingerprint density at radius 3 is 3.04 bits per heavy atom. The van der Waals surface area contributed by atoms with Gasteiger partial charge in [-0.25, -0.2) is 4.52 Å². The van der Waals surface area contributed by atoms with Crippen molar-refractivity contribution in [1.82, 2.24) is 29.3 Å². The molecule has 0 atom stereocenters. The molecule has 0 aromatic carbocycles. The van der Waals surface area contributed by atoms with Crippen LogP contribution in [0.1, 0.15) is 16.3 Å². The van der Waals surface area contributed by atoms with Crippen molar-refractivity contribution in [2.45, 2.75) is 13.1 Å². The summed E-state index contributed by atoms with van der Waals surface area (Å²) in [5.74, 6) is 1.32. The molecule has 1 aliphatic heterocycles. The zero-order valence-corrected chi connectivity index (χ0v) is 13.9. The van der Waals surface area contributed by atoms with Crippen molar-refractivity contribution in [2.75, 3.05) is 13.7 Å². The Labute approximate surface area is 139 Å². The molecule has 0 saturated heterocycles. The van der Waals surface area contributed by atoms with Crippen LogP contribution in [-0.4, -0.2) is 48.8 Å². The Kier molecular flexibility index (Phi) is 3.29. The van der Waals surface area contributed by atoms with Crippen LogP contribution in [0.2, 0.25) is 0 Å². The quantitative estimate of drug-likeness (QED) is 0.674. The molecule has 0 unspecified atom stereocenters. The lowest BCUT2D eigenvalue weighted by atomic mass is 10.3. The zero-order chi connectivity index (χ0) is 16.0. The van der Waals surface area contributed by atoms with Crippen LogP contribution < -0.4 is 4.74 Å². The summed E-state index contributed by atoms with van der Waals surface area (Å²) < 4.78 is 9.77. The van der Waals surface area contributed by atoms with Crippen molar-refractivity contribution < 1.29 is 9.53 Å². The predicted octanol–water partition coefficient (Wildman–Crippen LogP) is 1.35. The van der Waals surface area contributed by atoms with Gasteiger partial charge in [-0.1, -0.05) is 0 Å². The molecule has 0 bridgehead atoms. The molecule has 0 aliphatic carbocycles. The number of aromatic nitrogens is 5. The Morgan fingerprint density at radius 1 is 1.35 bits per heavy atom. The lowest BCUT2D eigenvalue weighted by Gasteiger charge is -2.26. The summed E-state index contributed by atoms with van der Waals surface area (Å²) in [6.07, 6.45) is 3.48. The van der Waals surface area contributed by atoms with Crippen LogP contribution in [0.5, 0.6) is 5.75 Å². The maximum Gasteiger partial charge on any atom is 0.274 e. The van der Waals surface area contributed by atoms with Crippen LogP contribution in [0.3, 0.4) is 0 Å². The first-order valence-electron chi connectivity index (χ1n) is 7.04. The predicted molar refractivity (Wildman–Crippen MR) is 84.2 cm³/mol. The molecule has 23 heavy (non-hydrogen) atoms. The van der Waals surface area contributed by atoms with Gasteiger partial charge in [0.15, 0.2) is 11.5 Å². The topological polar surface area (TPSA) is 77.5 Å². The zero-order valence-electron chi connectivity index (χ0n) is 12.3. The summed E-state index contributed by atoms with van der Waals surface area (Å²) in [5, 5.41) is 12.3. The number of hydrogen-bond acceptors (Lipinski definition) is 5. The highest BCUT2D eigenvalue weighted by molar-refractivity contribution is 9.10. The van der Waals surface area contributed by atoms with Gasteiger partial charge in [0.25, 0.3) is 5.91 Å². The highest BCUT2D eigenvalue weighted by Gasteiger charge is 2.25.